The first kappa shape index (κ1) is 17.2. The van der Waals surface area contributed by atoms with Gasteiger partial charge >= 0.3 is 0 Å². The third kappa shape index (κ3) is 5.20. The van der Waals surface area contributed by atoms with Crippen LogP contribution in [0.2, 0.25) is 0 Å². The van der Waals surface area contributed by atoms with Crippen LogP contribution in [0.4, 0.5) is 0 Å². The second-order valence-electron chi connectivity index (χ2n) is 5.54. The monoisotopic (exact) mass is 314 g/mol. The summed E-state index contributed by atoms with van der Waals surface area (Å²) >= 11 is 0. The lowest BCUT2D eigenvalue weighted by atomic mass is 10.0. The molecular formula is C20H26O3. The van der Waals surface area contributed by atoms with Gasteiger partial charge in [-0.15, -0.1) is 0 Å². The molecule has 3 heteroatoms. The van der Waals surface area contributed by atoms with E-state index < -0.39 is 0 Å². The van der Waals surface area contributed by atoms with E-state index in [0.29, 0.717) is 0 Å². The molecule has 0 unspecified atom stereocenters. The van der Waals surface area contributed by atoms with Gasteiger partial charge in [-0.2, -0.15) is 0 Å². The molecule has 2 aromatic rings. The van der Waals surface area contributed by atoms with E-state index in [2.05, 4.69) is 37.3 Å². The number of methoxy groups -OCH3 is 2. The van der Waals surface area contributed by atoms with E-state index in [9.17, 15) is 0 Å². The van der Waals surface area contributed by atoms with Crippen LogP contribution in [-0.4, -0.2) is 20.8 Å². The standard InChI is InChI=1S/C20H26O3/c1-4-13-23-18-10-6-9-16(14-18)7-5-8-17-11-12-19(21-2)20(15-17)22-3/h6,9-12,14-15H,4-5,7-8,13H2,1-3H3. The molecule has 0 atom stereocenters. The Morgan fingerprint density at radius 3 is 2.26 bits per heavy atom. The normalized spacial score (nSPS) is 10.4. The Kier molecular flexibility index (Phi) is 6.79. The maximum absolute atomic E-state index is 5.69. The zero-order chi connectivity index (χ0) is 16.5. The lowest BCUT2D eigenvalue weighted by Crippen LogP contribution is -1.96. The van der Waals surface area contributed by atoms with Crippen molar-refractivity contribution < 1.29 is 14.2 Å². The predicted octanol–water partition coefficient (Wildman–Crippen LogP) is 4.67. The van der Waals surface area contributed by atoms with Gasteiger partial charge in [0.25, 0.3) is 0 Å². The molecule has 0 radical (unpaired) electrons. The molecule has 0 aliphatic rings. The largest absolute Gasteiger partial charge is 0.494 e. The first-order valence-corrected chi connectivity index (χ1v) is 8.19. The summed E-state index contributed by atoms with van der Waals surface area (Å²) in [6.07, 6.45) is 4.17. The Morgan fingerprint density at radius 2 is 1.57 bits per heavy atom. The summed E-state index contributed by atoms with van der Waals surface area (Å²) in [7, 11) is 3.33. The van der Waals surface area contributed by atoms with Gasteiger partial charge in [-0.25, -0.2) is 0 Å². The molecule has 0 amide bonds. The number of aryl methyl sites for hydroxylation is 2. The molecule has 3 nitrogen and oxygen atoms in total. The van der Waals surface area contributed by atoms with Crippen LogP contribution in [0.5, 0.6) is 17.2 Å². The highest BCUT2D eigenvalue weighted by Crippen LogP contribution is 2.28. The first-order chi connectivity index (χ1) is 11.3. The second-order valence-corrected chi connectivity index (χ2v) is 5.54. The van der Waals surface area contributed by atoms with E-state index in [1.807, 2.05) is 12.1 Å². The van der Waals surface area contributed by atoms with Crippen molar-refractivity contribution in [2.75, 3.05) is 20.8 Å². The van der Waals surface area contributed by atoms with Crippen molar-refractivity contribution in [2.24, 2.45) is 0 Å². The SMILES string of the molecule is CCCOc1cccc(CCCc2ccc(OC)c(OC)c2)c1. The summed E-state index contributed by atoms with van der Waals surface area (Å²) in [6, 6.07) is 14.5. The van der Waals surface area contributed by atoms with E-state index >= 15 is 0 Å². The molecule has 0 aromatic heterocycles. The minimum atomic E-state index is 0.773. The average Bonchev–Trinajstić information content (AvgIpc) is 2.60. The second kappa shape index (κ2) is 9.09. The van der Waals surface area contributed by atoms with Crippen LogP contribution in [0.3, 0.4) is 0 Å². The summed E-state index contributed by atoms with van der Waals surface area (Å²) in [5, 5.41) is 0. The maximum atomic E-state index is 5.69. The van der Waals surface area contributed by atoms with Crippen molar-refractivity contribution in [2.45, 2.75) is 32.6 Å². The quantitative estimate of drug-likeness (QED) is 0.673. The van der Waals surface area contributed by atoms with Crippen LogP contribution in [0.25, 0.3) is 0 Å². The van der Waals surface area contributed by atoms with Crippen molar-refractivity contribution in [1.82, 2.24) is 0 Å². The fraction of sp³-hybridized carbons (Fsp3) is 0.400. The fourth-order valence-electron chi connectivity index (χ4n) is 2.54. The van der Waals surface area contributed by atoms with Crippen LogP contribution in [0, 0.1) is 0 Å². The van der Waals surface area contributed by atoms with Crippen LogP contribution >= 0.6 is 0 Å². The van der Waals surface area contributed by atoms with Gasteiger partial charge in [-0.1, -0.05) is 25.1 Å². The summed E-state index contributed by atoms with van der Waals surface area (Å²) in [5.41, 5.74) is 2.58. The third-order valence-corrected chi connectivity index (χ3v) is 3.75. The Bertz CT molecular complexity index is 608. The number of benzene rings is 2. The number of rotatable bonds is 9. The molecule has 0 saturated heterocycles. The van der Waals surface area contributed by atoms with Gasteiger partial charge in [0.2, 0.25) is 0 Å². The van der Waals surface area contributed by atoms with E-state index in [-0.39, 0.29) is 0 Å². The van der Waals surface area contributed by atoms with Gasteiger partial charge in [0.1, 0.15) is 5.75 Å². The third-order valence-electron chi connectivity index (χ3n) is 3.75. The average molecular weight is 314 g/mol. The van der Waals surface area contributed by atoms with Crippen LogP contribution < -0.4 is 14.2 Å². The van der Waals surface area contributed by atoms with Gasteiger partial charge in [0.15, 0.2) is 11.5 Å². The molecular weight excluding hydrogens is 288 g/mol. The lowest BCUT2D eigenvalue weighted by molar-refractivity contribution is 0.317. The summed E-state index contributed by atoms with van der Waals surface area (Å²) in [6.45, 7) is 2.89. The van der Waals surface area contributed by atoms with Crippen LogP contribution in [0.15, 0.2) is 42.5 Å². The van der Waals surface area contributed by atoms with Crippen molar-refractivity contribution in [1.29, 1.82) is 0 Å². The van der Waals surface area contributed by atoms with E-state index in [4.69, 9.17) is 14.2 Å². The highest BCUT2D eigenvalue weighted by atomic mass is 16.5. The van der Waals surface area contributed by atoms with Crippen molar-refractivity contribution in [3.05, 3.63) is 53.6 Å². The summed E-state index contributed by atoms with van der Waals surface area (Å²) in [5.74, 6) is 2.53. The molecule has 0 aliphatic carbocycles. The topological polar surface area (TPSA) is 27.7 Å². The van der Waals surface area contributed by atoms with Crippen molar-refractivity contribution in [3.63, 3.8) is 0 Å². The number of hydrogen-bond donors (Lipinski definition) is 0. The van der Waals surface area contributed by atoms with Gasteiger partial charge < -0.3 is 14.2 Å². The predicted molar refractivity (Wildman–Crippen MR) is 93.8 cm³/mol. The molecule has 2 rings (SSSR count). The molecule has 0 fully saturated rings. The molecule has 0 N–H and O–H groups in total. The Balaban J connectivity index is 1.89. The van der Waals surface area contributed by atoms with Gasteiger partial charge in [0.05, 0.1) is 20.8 Å². The highest BCUT2D eigenvalue weighted by Gasteiger charge is 2.05. The van der Waals surface area contributed by atoms with Crippen LogP contribution in [0.1, 0.15) is 30.9 Å². The molecule has 124 valence electrons. The minimum absolute atomic E-state index is 0.773. The molecule has 0 bridgehead atoms. The van der Waals surface area contributed by atoms with Crippen molar-refractivity contribution >= 4 is 0 Å². The molecule has 0 heterocycles. The molecule has 23 heavy (non-hydrogen) atoms. The summed E-state index contributed by atoms with van der Waals surface area (Å²) < 4.78 is 16.3. The molecule has 0 aliphatic heterocycles. The molecule has 2 aromatic carbocycles. The Hall–Kier alpha value is -2.16. The number of ether oxygens (including phenoxy) is 3. The Morgan fingerprint density at radius 1 is 0.826 bits per heavy atom. The number of hydrogen-bond acceptors (Lipinski definition) is 3. The zero-order valence-electron chi connectivity index (χ0n) is 14.3. The summed E-state index contributed by atoms with van der Waals surface area (Å²) in [4.78, 5) is 0. The lowest BCUT2D eigenvalue weighted by Gasteiger charge is -2.10. The van der Waals surface area contributed by atoms with Gasteiger partial charge in [-0.05, 0) is 61.1 Å². The maximum Gasteiger partial charge on any atom is 0.160 e. The Labute approximate surface area is 139 Å². The minimum Gasteiger partial charge on any atom is -0.494 e. The van der Waals surface area contributed by atoms with E-state index in [1.54, 1.807) is 14.2 Å². The van der Waals surface area contributed by atoms with E-state index in [1.165, 1.54) is 11.1 Å². The van der Waals surface area contributed by atoms with Crippen molar-refractivity contribution in [3.8, 4) is 17.2 Å². The molecule has 0 spiro atoms. The zero-order valence-corrected chi connectivity index (χ0v) is 14.3. The first-order valence-electron chi connectivity index (χ1n) is 8.19. The smallest absolute Gasteiger partial charge is 0.160 e. The fourth-order valence-corrected chi connectivity index (χ4v) is 2.54. The van der Waals surface area contributed by atoms with Gasteiger partial charge in [-0.3, -0.25) is 0 Å². The van der Waals surface area contributed by atoms with Crippen LogP contribution in [-0.2, 0) is 12.8 Å². The van der Waals surface area contributed by atoms with E-state index in [0.717, 1.165) is 49.5 Å². The highest BCUT2D eigenvalue weighted by molar-refractivity contribution is 5.43. The molecule has 0 saturated carbocycles. The van der Waals surface area contributed by atoms with Gasteiger partial charge in [0, 0.05) is 0 Å².